The third kappa shape index (κ3) is 7.24. The van der Waals surface area contributed by atoms with Crippen LogP contribution in [0, 0.1) is 28.1 Å². The number of amides is 2. The molecule has 1 saturated carbocycles. The number of carbonyl (C=O) groups excluding carboxylic acids is 2. The zero-order valence-electron chi connectivity index (χ0n) is 28.2. The lowest BCUT2D eigenvalue weighted by atomic mass is 9.49. The smallest absolute Gasteiger partial charge is 0.410 e. The normalized spacial score (nSPS) is 24.1. The summed E-state index contributed by atoms with van der Waals surface area (Å²) in [6.07, 6.45) is 0.645. The molecular weight excluding hydrogens is 602 g/mol. The summed E-state index contributed by atoms with van der Waals surface area (Å²) in [7, 11) is 0. The molecule has 2 heterocycles. The SMILES string of the molecule is CC(C)(C)OC(=O)N1CC[C@H](CN2CCN(c3ccc(C(=O)N[C@H]4C(C)(C)[C@H](Oc5ccc(C#N)c(Cl)c5)C4(C)C)cc3)CC2)C1. The fourth-order valence-corrected chi connectivity index (χ4v) is 7.87. The highest BCUT2D eigenvalue weighted by Gasteiger charge is 2.64. The first-order chi connectivity index (χ1) is 21.6. The Morgan fingerprint density at radius 2 is 1.65 bits per heavy atom. The number of piperazine rings is 1. The molecule has 0 bridgehead atoms. The lowest BCUT2D eigenvalue weighted by molar-refractivity contribution is -0.164. The van der Waals surface area contributed by atoms with Gasteiger partial charge in [-0.2, -0.15) is 5.26 Å². The van der Waals surface area contributed by atoms with Crippen molar-refractivity contribution in [3.05, 3.63) is 58.6 Å². The Hall–Kier alpha value is -3.48. The topological polar surface area (TPSA) is 98.1 Å². The molecule has 3 fully saturated rings. The third-order valence-electron chi connectivity index (χ3n) is 9.75. The monoisotopic (exact) mass is 649 g/mol. The van der Waals surface area contributed by atoms with E-state index in [1.807, 2.05) is 49.9 Å². The lowest BCUT2D eigenvalue weighted by Gasteiger charge is -2.63. The van der Waals surface area contributed by atoms with Crippen molar-refractivity contribution < 1.29 is 19.1 Å². The number of carbonyl (C=O) groups is 2. The summed E-state index contributed by atoms with van der Waals surface area (Å²) in [6.45, 7) is 20.4. The molecule has 2 saturated heterocycles. The number of anilines is 1. The van der Waals surface area contributed by atoms with Crippen LogP contribution < -0.4 is 15.0 Å². The zero-order valence-corrected chi connectivity index (χ0v) is 29.0. The van der Waals surface area contributed by atoms with E-state index in [9.17, 15) is 14.9 Å². The van der Waals surface area contributed by atoms with Crippen LogP contribution >= 0.6 is 11.6 Å². The first kappa shape index (κ1) is 33.9. The summed E-state index contributed by atoms with van der Waals surface area (Å²) in [4.78, 5) is 32.5. The molecule has 2 aliphatic heterocycles. The summed E-state index contributed by atoms with van der Waals surface area (Å²) in [5.74, 6) is 0.984. The number of benzene rings is 2. The average molecular weight is 650 g/mol. The standard InChI is InChI=1S/C36H48ClN5O4/c1-34(2,3)46-33(44)42-15-14-24(23-42)22-40-16-18-41(19-17-40)27-11-8-25(9-12-27)30(43)39-31-35(4,5)32(36(31,6)7)45-28-13-10-26(21-38)29(37)20-28/h8-13,20,24,31-32H,14-19,22-23H2,1-7H3,(H,39,43)/t24-,31-,32-/m1/s1. The van der Waals surface area contributed by atoms with Crippen molar-refractivity contribution in [3.8, 4) is 11.8 Å². The van der Waals surface area contributed by atoms with Crippen molar-refractivity contribution in [2.24, 2.45) is 16.7 Å². The van der Waals surface area contributed by atoms with Crippen LogP contribution in [-0.2, 0) is 4.74 Å². The average Bonchev–Trinajstić information content (AvgIpc) is 3.47. The molecule has 5 rings (SSSR count). The van der Waals surface area contributed by atoms with Gasteiger partial charge in [-0.05, 0) is 69.5 Å². The highest BCUT2D eigenvalue weighted by Crippen LogP contribution is 2.55. The zero-order chi connectivity index (χ0) is 33.4. The van der Waals surface area contributed by atoms with Crippen LogP contribution in [0.1, 0.15) is 70.8 Å². The predicted molar refractivity (Wildman–Crippen MR) is 180 cm³/mol. The quantitative estimate of drug-likeness (QED) is 0.381. The lowest BCUT2D eigenvalue weighted by Crippen LogP contribution is -2.74. The molecule has 0 unspecified atom stereocenters. The van der Waals surface area contributed by atoms with Crippen LogP contribution in [0.2, 0.25) is 5.02 Å². The molecule has 0 radical (unpaired) electrons. The number of nitrogens with zero attached hydrogens (tertiary/aromatic N) is 4. The van der Waals surface area contributed by atoms with Crippen molar-refractivity contribution >= 4 is 29.3 Å². The molecule has 2 amide bonds. The Bertz CT molecular complexity index is 1450. The van der Waals surface area contributed by atoms with Crippen molar-refractivity contribution in [2.75, 3.05) is 50.7 Å². The number of likely N-dealkylation sites (tertiary alicyclic amines) is 1. The van der Waals surface area contributed by atoms with Crippen LogP contribution in [0.3, 0.4) is 0 Å². The highest BCUT2D eigenvalue weighted by atomic mass is 35.5. The minimum absolute atomic E-state index is 0.0978. The van der Waals surface area contributed by atoms with E-state index < -0.39 is 5.60 Å². The Morgan fingerprint density at radius 3 is 2.24 bits per heavy atom. The third-order valence-corrected chi connectivity index (χ3v) is 10.1. The van der Waals surface area contributed by atoms with E-state index in [1.165, 1.54) is 0 Å². The second-order valence-corrected chi connectivity index (χ2v) is 15.6. The van der Waals surface area contributed by atoms with Gasteiger partial charge in [-0.25, -0.2) is 4.79 Å². The molecule has 248 valence electrons. The van der Waals surface area contributed by atoms with Gasteiger partial charge in [-0.15, -0.1) is 0 Å². The van der Waals surface area contributed by atoms with Gasteiger partial charge < -0.3 is 24.6 Å². The van der Waals surface area contributed by atoms with Gasteiger partial charge in [-0.1, -0.05) is 39.3 Å². The highest BCUT2D eigenvalue weighted by molar-refractivity contribution is 6.31. The molecule has 2 aromatic rings. The number of hydrogen-bond donors (Lipinski definition) is 1. The van der Waals surface area contributed by atoms with Gasteiger partial charge in [-0.3, -0.25) is 9.69 Å². The van der Waals surface area contributed by atoms with Crippen LogP contribution in [0.5, 0.6) is 5.75 Å². The number of nitriles is 1. The Kier molecular flexibility index (Phi) is 9.54. The van der Waals surface area contributed by atoms with E-state index >= 15 is 0 Å². The molecule has 2 aromatic carbocycles. The van der Waals surface area contributed by atoms with Gasteiger partial charge >= 0.3 is 6.09 Å². The second-order valence-electron chi connectivity index (χ2n) is 15.2. The van der Waals surface area contributed by atoms with E-state index in [0.717, 1.165) is 57.9 Å². The number of nitrogens with one attached hydrogen (secondary N) is 1. The van der Waals surface area contributed by atoms with Crippen molar-refractivity contribution in [1.82, 2.24) is 15.1 Å². The first-order valence-corrected chi connectivity index (χ1v) is 16.7. The summed E-state index contributed by atoms with van der Waals surface area (Å²) in [5.41, 5.74) is 1.03. The molecule has 1 atom stereocenters. The Labute approximate surface area is 278 Å². The summed E-state index contributed by atoms with van der Waals surface area (Å²) < 4.78 is 11.9. The first-order valence-electron chi connectivity index (χ1n) is 16.3. The number of hydrogen-bond acceptors (Lipinski definition) is 7. The van der Waals surface area contributed by atoms with Gasteiger partial charge in [0.05, 0.1) is 10.6 Å². The molecule has 3 aliphatic rings. The molecule has 9 nitrogen and oxygen atoms in total. The molecule has 46 heavy (non-hydrogen) atoms. The van der Waals surface area contributed by atoms with E-state index in [1.54, 1.807) is 18.2 Å². The fraction of sp³-hybridized carbons (Fsp3) is 0.583. The maximum absolute atomic E-state index is 13.4. The van der Waals surface area contributed by atoms with E-state index in [-0.39, 0.29) is 35.0 Å². The van der Waals surface area contributed by atoms with Crippen molar-refractivity contribution in [2.45, 2.75) is 72.6 Å². The molecule has 1 N–H and O–H groups in total. The molecule has 0 aromatic heterocycles. The minimum atomic E-state index is -0.471. The van der Waals surface area contributed by atoms with Crippen LogP contribution in [0.25, 0.3) is 0 Å². The maximum atomic E-state index is 13.4. The second kappa shape index (κ2) is 13.0. The van der Waals surface area contributed by atoms with Crippen molar-refractivity contribution in [1.29, 1.82) is 5.26 Å². The molecule has 1 aliphatic carbocycles. The summed E-state index contributed by atoms with van der Waals surface area (Å²) in [5, 5.41) is 12.8. The predicted octanol–water partition coefficient (Wildman–Crippen LogP) is 6.20. The maximum Gasteiger partial charge on any atom is 0.410 e. The van der Waals surface area contributed by atoms with Crippen LogP contribution in [0.4, 0.5) is 10.5 Å². The molecular formula is C36H48ClN5O4. The van der Waals surface area contributed by atoms with Crippen LogP contribution in [0.15, 0.2) is 42.5 Å². The molecule has 10 heteroatoms. The number of rotatable bonds is 7. The Balaban J connectivity index is 1.10. The van der Waals surface area contributed by atoms with Gasteiger partial charge in [0.2, 0.25) is 0 Å². The fourth-order valence-electron chi connectivity index (χ4n) is 7.66. The van der Waals surface area contributed by atoms with E-state index in [4.69, 9.17) is 21.1 Å². The van der Waals surface area contributed by atoms with Gasteiger partial charge in [0.15, 0.2) is 0 Å². The summed E-state index contributed by atoms with van der Waals surface area (Å²) in [6, 6.07) is 15.0. The van der Waals surface area contributed by atoms with Crippen LogP contribution in [-0.4, -0.2) is 85.4 Å². The summed E-state index contributed by atoms with van der Waals surface area (Å²) >= 11 is 6.23. The van der Waals surface area contributed by atoms with Gasteiger partial charge in [0, 0.05) is 80.0 Å². The Morgan fingerprint density at radius 1 is 1.00 bits per heavy atom. The minimum Gasteiger partial charge on any atom is -0.489 e. The van der Waals surface area contributed by atoms with E-state index in [2.05, 4.69) is 48.9 Å². The van der Waals surface area contributed by atoms with E-state index in [0.29, 0.717) is 27.8 Å². The van der Waals surface area contributed by atoms with Gasteiger partial charge in [0.1, 0.15) is 23.5 Å². The largest absolute Gasteiger partial charge is 0.489 e. The number of ether oxygens (including phenoxy) is 2. The van der Waals surface area contributed by atoms with Gasteiger partial charge in [0.25, 0.3) is 5.91 Å². The molecule has 0 spiro atoms. The number of halogens is 1. The van der Waals surface area contributed by atoms with Crippen molar-refractivity contribution in [3.63, 3.8) is 0 Å².